The van der Waals surface area contributed by atoms with Crippen molar-refractivity contribution in [3.63, 3.8) is 0 Å². The molecular formula is C15H28N2. The van der Waals surface area contributed by atoms with Crippen LogP contribution in [-0.4, -0.2) is 6.04 Å². The minimum atomic E-state index is 0.582. The summed E-state index contributed by atoms with van der Waals surface area (Å²) in [6, 6.07) is 0.593. The van der Waals surface area contributed by atoms with Crippen molar-refractivity contribution in [2.24, 2.45) is 29.0 Å². The van der Waals surface area contributed by atoms with Crippen LogP contribution >= 0.6 is 0 Å². The summed E-state index contributed by atoms with van der Waals surface area (Å²) in [5.41, 5.74) is 3.78. The van der Waals surface area contributed by atoms with E-state index in [0.717, 1.165) is 17.8 Å². The molecule has 0 aromatic rings. The summed E-state index contributed by atoms with van der Waals surface area (Å²) in [6.07, 6.45) is 12.9. The van der Waals surface area contributed by atoms with E-state index in [1.54, 1.807) is 0 Å². The first kappa shape index (κ1) is 12.0. The molecule has 0 aromatic heterocycles. The van der Waals surface area contributed by atoms with Crippen LogP contribution in [0.4, 0.5) is 0 Å². The van der Waals surface area contributed by atoms with Crippen LogP contribution in [0.25, 0.3) is 0 Å². The Hall–Kier alpha value is -0.0800. The third kappa shape index (κ3) is 2.04. The van der Waals surface area contributed by atoms with Crippen molar-refractivity contribution in [2.75, 3.05) is 0 Å². The molecule has 0 saturated heterocycles. The van der Waals surface area contributed by atoms with E-state index in [0.29, 0.717) is 11.5 Å². The summed E-state index contributed by atoms with van der Waals surface area (Å²) in [7, 11) is 0. The van der Waals surface area contributed by atoms with Crippen LogP contribution in [-0.2, 0) is 0 Å². The predicted octanol–water partition coefficient (Wildman–Crippen LogP) is 3.22. The molecule has 4 bridgehead atoms. The molecule has 4 fully saturated rings. The van der Waals surface area contributed by atoms with Gasteiger partial charge in [0.1, 0.15) is 0 Å². The van der Waals surface area contributed by atoms with Crippen molar-refractivity contribution in [1.29, 1.82) is 0 Å². The maximum Gasteiger partial charge on any atom is 0.0267 e. The van der Waals surface area contributed by atoms with Crippen LogP contribution in [0.2, 0.25) is 0 Å². The molecule has 0 spiro atoms. The summed E-state index contributed by atoms with van der Waals surface area (Å²) in [6.45, 7) is 2.28. The van der Waals surface area contributed by atoms with Gasteiger partial charge < -0.3 is 0 Å². The molecular weight excluding hydrogens is 208 g/mol. The van der Waals surface area contributed by atoms with Crippen LogP contribution in [0.15, 0.2) is 0 Å². The third-order valence-corrected chi connectivity index (χ3v) is 5.87. The van der Waals surface area contributed by atoms with Crippen molar-refractivity contribution >= 4 is 0 Å². The predicted molar refractivity (Wildman–Crippen MR) is 71.2 cm³/mol. The summed E-state index contributed by atoms with van der Waals surface area (Å²) < 4.78 is 0. The van der Waals surface area contributed by atoms with Gasteiger partial charge >= 0.3 is 0 Å². The molecule has 1 atom stereocenters. The standard InChI is InChI=1S/C15H28N2/c1-2-3-4-14(17-16)15-8-11-5-12(9-15)7-13(6-11)10-15/h11-14,17H,2-10,16H2,1H3. The van der Waals surface area contributed by atoms with Crippen LogP contribution in [0.1, 0.15) is 64.7 Å². The van der Waals surface area contributed by atoms with E-state index in [1.165, 1.54) is 57.8 Å². The Labute approximate surface area is 106 Å². The van der Waals surface area contributed by atoms with Crippen molar-refractivity contribution in [1.82, 2.24) is 5.43 Å². The topological polar surface area (TPSA) is 38.0 Å². The van der Waals surface area contributed by atoms with Gasteiger partial charge in [-0.25, -0.2) is 0 Å². The van der Waals surface area contributed by atoms with Gasteiger partial charge in [0.2, 0.25) is 0 Å². The minimum absolute atomic E-state index is 0.582. The number of unbranched alkanes of at least 4 members (excludes halogenated alkanes) is 1. The van der Waals surface area contributed by atoms with Crippen molar-refractivity contribution in [3.05, 3.63) is 0 Å². The monoisotopic (exact) mass is 236 g/mol. The summed E-state index contributed by atoms with van der Waals surface area (Å²) in [5, 5.41) is 0. The molecule has 4 aliphatic carbocycles. The van der Waals surface area contributed by atoms with Gasteiger partial charge in [-0.3, -0.25) is 11.3 Å². The zero-order valence-corrected chi connectivity index (χ0v) is 11.3. The SMILES string of the molecule is CCCCC(NN)C12CC3CC(CC(C3)C1)C2. The number of hydrogen-bond donors (Lipinski definition) is 2. The Morgan fingerprint density at radius 2 is 1.65 bits per heavy atom. The van der Waals surface area contributed by atoms with Gasteiger partial charge in [-0.05, 0) is 68.1 Å². The first-order chi connectivity index (χ1) is 8.25. The lowest BCUT2D eigenvalue weighted by Gasteiger charge is -2.59. The zero-order valence-electron chi connectivity index (χ0n) is 11.3. The molecule has 98 valence electrons. The molecule has 4 rings (SSSR count). The lowest BCUT2D eigenvalue weighted by atomic mass is 9.47. The van der Waals surface area contributed by atoms with Crippen LogP contribution in [0, 0.1) is 23.2 Å². The quantitative estimate of drug-likeness (QED) is 0.568. The fraction of sp³-hybridized carbons (Fsp3) is 1.00. The first-order valence-corrected chi connectivity index (χ1v) is 7.72. The maximum atomic E-state index is 5.88. The number of hydrazine groups is 1. The second kappa shape index (κ2) is 4.55. The van der Waals surface area contributed by atoms with Gasteiger partial charge in [0, 0.05) is 6.04 Å². The highest BCUT2D eigenvalue weighted by Gasteiger charge is 2.53. The fourth-order valence-corrected chi connectivity index (χ4v) is 5.58. The highest BCUT2D eigenvalue weighted by molar-refractivity contribution is 5.05. The van der Waals surface area contributed by atoms with E-state index in [-0.39, 0.29) is 0 Å². The second-order valence-corrected chi connectivity index (χ2v) is 7.14. The van der Waals surface area contributed by atoms with E-state index in [1.807, 2.05) is 0 Å². The molecule has 0 aromatic carbocycles. The molecule has 0 heterocycles. The van der Waals surface area contributed by atoms with Crippen LogP contribution in [0.5, 0.6) is 0 Å². The highest BCUT2D eigenvalue weighted by atomic mass is 15.2. The molecule has 2 heteroatoms. The Morgan fingerprint density at radius 1 is 1.12 bits per heavy atom. The third-order valence-electron chi connectivity index (χ3n) is 5.87. The van der Waals surface area contributed by atoms with E-state index >= 15 is 0 Å². The molecule has 0 radical (unpaired) electrons. The number of nitrogens with two attached hydrogens (primary N) is 1. The Bertz CT molecular complexity index is 239. The van der Waals surface area contributed by atoms with Gasteiger partial charge in [0.25, 0.3) is 0 Å². The molecule has 0 aliphatic heterocycles. The first-order valence-electron chi connectivity index (χ1n) is 7.72. The van der Waals surface area contributed by atoms with E-state index < -0.39 is 0 Å². The van der Waals surface area contributed by atoms with Gasteiger partial charge in [-0.2, -0.15) is 0 Å². The lowest BCUT2D eigenvalue weighted by molar-refractivity contribution is -0.0755. The Morgan fingerprint density at radius 3 is 2.06 bits per heavy atom. The number of nitrogens with one attached hydrogen (secondary N) is 1. The normalized spacial score (nSPS) is 45.2. The van der Waals surface area contributed by atoms with Gasteiger partial charge in [-0.1, -0.05) is 19.8 Å². The average molecular weight is 236 g/mol. The number of hydrogen-bond acceptors (Lipinski definition) is 2. The lowest BCUT2D eigenvalue weighted by Crippen LogP contribution is -2.57. The maximum absolute atomic E-state index is 5.88. The molecule has 2 nitrogen and oxygen atoms in total. The van der Waals surface area contributed by atoms with Crippen LogP contribution in [0.3, 0.4) is 0 Å². The summed E-state index contributed by atoms with van der Waals surface area (Å²) in [5.74, 6) is 9.01. The number of rotatable bonds is 5. The van der Waals surface area contributed by atoms with Crippen molar-refractivity contribution in [3.8, 4) is 0 Å². The van der Waals surface area contributed by atoms with Gasteiger partial charge in [0.15, 0.2) is 0 Å². The minimum Gasteiger partial charge on any atom is -0.271 e. The van der Waals surface area contributed by atoms with Crippen molar-refractivity contribution in [2.45, 2.75) is 70.8 Å². The van der Waals surface area contributed by atoms with Gasteiger partial charge in [-0.15, -0.1) is 0 Å². The smallest absolute Gasteiger partial charge is 0.0267 e. The summed E-state index contributed by atoms with van der Waals surface area (Å²) in [4.78, 5) is 0. The van der Waals surface area contributed by atoms with Crippen LogP contribution < -0.4 is 11.3 Å². The zero-order chi connectivity index (χ0) is 11.9. The highest BCUT2D eigenvalue weighted by Crippen LogP contribution is 2.61. The molecule has 1 unspecified atom stereocenters. The largest absolute Gasteiger partial charge is 0.271 e. The molecule has 4 saturated carbocycles. The Balaban J connectivity index is 1.75. The second-order valence-electron chi connectivity index (χ2n) is 7.14. The molecule has 4 aliphatic rings. The molecule has 17 heavy (non-hydrogen) atoms. The van der Waals surface area contributed by atoms with Crippen molar-refractivity contribution < 1.29 is 0 Å². The summed E-state index contributed by atoms with van der Waals surface area (Å²) >= 11 is 0. The average Bonchev–Trinajstić information content (AvgIpc) is 2.27. The Kier molecular flexibility index (Phi) is 3.20. The van der Waals surface area contributed by atoms with E-state index in [9.17, 15) is 0 Å². The fourth-order valence-electron chi connectivity index (χ4n) is 5.58. The van der Waals surface area contributed by atoms with E-state index in [2.05, 4.69) is 12.3 Å². The molecule has 0 amide bonds. The molecule has 3 N–H and O–H groups in total. The van der Waals surface area contributed by atoms with E-state index in [4.69, 9.17) is 5.84 Å². The van der Waals surface area contributed by atoms with Gasteiger partial charge in [0.05, 0.1) is 0 Å².